The molecule has 0 aliphatic carbocycles. The Kier molecular flexibility index (Phi) is 7.89. The van der Waals surface area contributed by atoms with Crippen LogP contribution in [0.15, 0.2) is 0 Å². The third kappa shape index (κ3) is 9.88. The summed E-state index contributed by atoms with van der Waals surface area (Å²) in [7, 11) is 4.21. The van der Waals surface area contributed by atoms with E-state index in [-0.39, 0.29) is 0 Å². The largest absolute Gasteiger partial charge is 0.329 e. The van der Waals surface area contributed by atoms with Gasteiger partial charge in [-0.25, -0.2) is 0 Å². The third-order valence-corrected chi connectivity index (χ3v) is 1.53. The van der Waals surface area contributed by atoms with E-state index < -0.39 is 0 Å². The molecule has 68 valence electrons. The highest BCUT2D eigenvalue weighted by Gasteiger charge is 1.89. The number of unbranched alkanes of at least 4 members (excludes halogenated alkanes) is 1. The van der Waals surface area contributed by atoms with E-state index >= 15 is 0 Å². The first-order valence-corrected chi connectivity index (χ1v) is 4.33. The normalized spacial score (nSPS) is 10.9. The fourth-order valence-corrected chi connectivity index (χ4v) is 0.905. The topological polar surface area (TPSA) is 41.3 Å². The zero-order chi connectivity index (χ0) is 8.53. The van der Waals surface area contributed by atoms with Crippen molar-refractivity contribution < 1.29 is 0 Å². The second-order valence-corrected chi connectivity index (χ2v) is 3.05. The monoisotopic (exact) mass is 159 g/mol. The summed E-state index contributed by atoms with van der Waals surface area (Å²) in [6.07, 6.45) is 2.52. The minimum atomic E-state index is 0.744. The Morgan fingerprint density at radius 1 is 1.18 bits per heavy atom. The van der Waals surface area contributed by atoms with Crippen molar-refractivity contribution in [2.24, 2.45) is 5.73 Å². The van der Waals surface area contributed by atoms with Crippen molar-refractivity contribution in [2.75, 3.05) is 40.3 Å². The molecule has 0 atom stereocenters. The zero-order valence-electron chi connectivity index (χ0n) is 7.77. The number of hydrogen-bond donors (Lipinski definition) is 2. The van der Waals surface area contributed by atoms with E-state index in [4.69, 9.17) is 5.73 Å². The van der Waals surface area contributed by atoms with Gasteiger partial charge in [-0.1, -0.05) is 0 Å². The van der Waals surface area contributed by atoms with Crippen molar-refractivity contribution in [2.45, 2.75) is 12.8 Å². The Hall–Kier alpha value is -0.120. The summed E-state index contributed by atoms with van der Waals surface area (Å²) in [5.41, 5.74) is 5.32. The van der Waals surface area contributed by atoms with Gasteiger partial charge in [-0.15, -0.1) is 0 Å². The van der Waals surface area contributed by atoms with Gasteiger partial charge in [0, 0.05) is 13.1 Å². The first-order chi connectivity index (χ1) is 5.27. The lowest BCUT2D eigenvalue weighted by molar-refractivity contribution is 0.392. The Morgan fingerprint density at radius 2 is 1.91 bits per heavy atom. The molecule has 0 unspecified atom stereocenters. The van der Waals surface area contributed by atoms with Gasteiger partial charge >= 0.3 is 0 Å². The summed E-state index contributed by atoms with van der Waals surface area (Å²) >= 11 is 0. The third-order valence-electron chi connectivity index (χ3n) is 1.53. The fourth-order valence-electron chi connectivity index (χ4n) is 0.905. The van der Waals surface area contributed by atoms with E-state index in [2.05, 4.69) is 24.3 Å². The van der Waals surface area contributed by atoms with Crippen LogP contribution in [0.2, 0.25) is 0 Å². The molecule has 0 bridgehead atoms. The maximum Gasteiger partial charge on any atom is 0.00745 e. The average molecular weight is 159 g/mol. The number of nitrogens with one attached hydrogen (secondary N) is 1. The van der Waals surface area contributed by atoms with Gasteiger partial charge in [0.1, 0.15) is 0 Å². The molecule has 0 aromatic carbocycles. The van der Waals surface area contributed by atoms with E-state index in [1.165, 1.54) is 19.4 Å². The fraction of sp³-hybridized carbons (Fsp3) is 1.00. The van der Waals surface area contributed by atoms with Crippen LogP contribution in [0.3, 0.4) is 0 Å². The van der Waals surface area contributed by atoms with Gasteiger partial charge in [-0.05, 0) is 40.0 Å². The van der Waals surface area contributed by atoms with Crippen LogP contribution in [-0.2, 0) is 0 Å². The summed E-state index contributed by atoms with van der Waals surface area (Å²) in [6.45, 7) is 3.98. The van der Waals surface area contributed by atoms with Crippen molar-refractivity contribution in [3.63, 3.8) is 0 Å². The number of nitrogens with zero attached hydrogens (tertiary/aromatic N) is 1. The molecule has 0 spiro atoms. The SMILES string of the molecule is CN(C)CCCCNCCN. The first-order valence-electron chi connectivity index (χ1n) is 4.33. The quantitative estimate of drug-likeness (QED) is 0.509. The van der Waals surface area contributed by atoms with Crippen LogP contribution in [-0.4, -0.2) is 45.2 Å². The molecule has 3 heteroatoms. The van der Waals surface area contributed by atoms with Crippen molar-refractivity contribution in [3.8, 4) is 0 Å². The molecule has 0 amide bonds. The Labute approximate surface area is 69.9 Å². The molecule has 3 N–H and O–H groups in total. The highest BCUT2D eigenvalue weighted by Crippen LogP contribution is 1.87. The minimum absolute atomic E-state index is 0.744. The predicted molar refractivity (Wildman–Crippen MR) is 49.7 cm³/mol. The summed E-state index contributed by atoms with van der Waals surface area (Å²) in [6, 6.07) is 0. The van der Waals surface area contributed by atoms with Gasteiger partial charge in [0.05, 0.1) is 0 Å². The van der Waals surface area contributed by atoms with Gasteiger partial charge in [0.15, 0.2) is 0 Å². The van der Waals surface area contributed by atoms with Crippen LogP contribution in [0.25, 0.3) is 0 Å². The van der Waals surface area contributed by atoms with Gasteiger partial charge in [-0.2, -0.15) is 0 Å². The maximum atomic E-state index is 5.32. The predicted octanol–water partition coefficient (Wildman–Crippen LogP) is -0.123. The number of nitrogens with two attached hydrogens (primary N) is 1. The molecular formula is C8H21N3. The highest BCUT2D eigenvalue weighted by atomic mass is 15.0. The maximum absolute atomic E-state index is 5.32. The molecule has 0 aliphatic heterocycles. The van der Waals surface area contributed by atoms with Crippen LogP contribution in [0, 0.1) is 0 Å². The van der Waals surface area contributed by atoms with Crippen LogP contribution in [0.1, 0.15) is 12.8 Å². The summed E-state index contributed by atoms with van der Waals surface area (Å²) in [5.74, 6) is 0. The molecule has 0 aromatic rings. The molecule has 0 saturated carbocycles. The van der Waals surface area contributed by atoms with Crippen LogP contribution in [0.5, 0.6) is 0 Å². The Balaban J connectivity index is 2.80. The second-order valence-electron chi connectivity index (χ2n) is 3.05. The molecule has 0 heterocycles. The summed E-state index contributed by atoms with van der Waals surface area (Å²) < 4.78 is 0. The van der Waals surface area contributed by atoms with Gasteiger partial charge in [-0.3, -0.25) is 0 Å². The number of hydrogen-bond acceptors (Lipinski definition) is 3. The molecule has 0 aromatic heterocycles. The molecule has 0 radical (unpaired) electrons. The second kappa shape index (κ2) is 7.98. The Morgan fingerprint density at radius 3 is 2.45 bits per heavy atom. The summed E-state index contributed by atoms with van der Waals surface area (Å²) in [5, 5.41) is 3.27. The standard InChI is InChI=1S/C8H21N3/c1-11(2)8-4-3-6-10-7-5-9/h10H,3-9H2,1-2H3. The first kappa shape index (κ1) is 10.9. The van der Waals surface area contributed by atoms with E-state index in [9.17, 15) is 0 Å². The van der Waals surface area contributed by atoms with Crippen molar-refractivity contribution >= 4 is 0 Å². The van der Waals surface area contributed by atoms with Gasteiger partial charge in [0.2, 0.25) is 0 Å². The molecule has 0 aliphatic rings. The van der Waals surface area contributed by atoms with Gasteiger partial charge < -0.3 is 16.0 Å². The lowest BCUT2D eigenvalue weighted by atomic mass is 10.3. The van der Waals surface area contributed by atoms with E-state index in [1.54, 1.807) is 0 Å². The van der Waals surface area contributed by atoms with Crippen molar-refractivity contribution in [1.82, 2.24) is 10.2 Å². The minimum Gasteiger partial charge on any atom is -0.329 e. The summed E-state index contributed by atoms with van der Waals surface area (Å²) in [4.78, 5) is 2.21. The van der Waals surface area contributed by atoms with Gasteiger partial charge in [0.25, 0.3) is 0 Å². The van der Waals surface area contributed by atoms with E-state index in [0.29, 0.717) is 0 Å². The molecule has 0 rings (SSSR count). The van der Waals surface area contributed by atoms with E-state index in [0.717, 1.165) is 19.6 Å². The van der Waals surface area contributed by atoms with Crippen molar-refractivity contribution in [3.05, 3.63) is 0 Å². The van der Waals surface area contributed by atoms with Crippen LogP contribution in [0.4, 0.5) is 0 Å². The smallest absolute Gasteiger partial charge is 0.00745 e. The molecule has 11 heavy (non-hydrogen) atoms. The van der Waals surface area contributed by atoms with Crippen molar-refractivity contribution in [1.29, 1.82) is 0 Å². The lowest BCUT2D eigenvalue weighted by Gasteiger charge is -2.08. The number of rotatable bonds is 7. The zero-order valence-corrected chi connectivity index (χ0v) is 7.77. The van der Waals surface area contributed by atoms with Crippen LogP contribution >= 0.6 is 0 Å². The molecule has 3 nitrogen and oxygen atoms in total. The molecule has 0 fully saturated rings. The lowest BCUT2D eigenvalue weighted by Crippen LogP contribution is -2.24. The van der Waals surface area contributed by atoms with Crippen LogP contribution < -0.4 is 11.1 Å². The highest BCUT2D eigenvalue weighted by molar-refractivity contribution is 4.50. The van der Waals surface area contributed by atoms with E-state index in [1.807, 2.05) is 0 Å². The molecular weight excluding hydrogens is 138 g/mol. The average Bonchev–Trinajstić information content (AvgIpc) is 1.96. The molecule has 0 saturated heterocycles. The Bertz CT molecular complexity index is 73.7.